The number of hydrogen-bond donors (Lipinski definition) is 0. The predicted octanol–water partition coefficient (Wildman–Crippen LogP) is 3.25. The number of benzene rings is 1. The average molecular weight is 356 g/mol. The number of hydrogen-bond acceptors (Lipinski definition) is 4. The third kappa shape index (κ3) is 3.41. The van der Waals surface area contributed by atoms with E-state index in [-0.39, 0.29) is 5.91 Å². The van der Waals surface area contributed by atoms with E-state index in [2.05, 4.69) is 16.7 Å². The molecule has 0 spiro atoms. The van der Waals surface area contributed by atoms with Crippen LogP contribution < -0.4 is 9.54 Å². The number of allylic oxidation sites excluding steroid dienone is 1. The number of amides is 1. The predicted molar refractivity (Wildman–Crippen MR) is 99.0 cm³/mol. The Morgan fingerprint density at radius 1 is 1.40 bits per heavy atom. The van der Waals surface area contributed by atoms with Crippen molar-refractivity contribution in [3.05, 3.63) is 53.6 Å². The Bertz CT molecular complexity index is 981. The van der Waals surface area contributed by atoms with E-state index >= 15 is 0 Å². The molecule has 1 amide bonds. The van der Waals surface area contributed by atoms with Crippen LogP contribution in [0.3, 0.4) is 0 Å². The zero-order valence-electron chi connectivity index (χ0n) is 14.3. The molecular weight excluding hydrogens is 336 g/mol. The average Bonchev–Trinajstić information content (AvgIpc) is 3.20. The highest BCUT2D eigenvalue weighted by molar-refractivity contribution is 7.16. The van der Waals surface area contributed by atoms with E-state index in [1.165, 1.54) is 11.3 Å². The zero-order chi connectivity index (χ0) is 17.8. The van der Waals surface area contributed by atoms with Gasteiger partial charge in [0.1, 0.15) is 11.4 Å². The minimum Gasteiger partial charge on any atom is -0.494 e. The van der Waals surface area contributed by atoms with Crippen LogP contribution in [-0.2, 0) is 13.1 Å². The monoisotopic (exact) mass is 356 g/mol. The summed E-state index contributed by atoms with van der Waals surface area (Å²) in [5.74, 6) is 0.512. The number of ether oxygens (including phenoxy) is 1. The molecule has 0 saturated carbocycles. The molecule has 0 atom stereocenters. The summed E-state index contributed by atoms with van der Waals surface area (Å²) in [6.07, 6.45) is 3.41. The van der Waals surface area contributed by atoms with Crippen molar-refractivity contribution in [2.24, 2.45) is 4.99 Å². The maximum atomic E-state index is 12.6. The lowest BCUT2D eigenvalue weighted by Crippen LogP contribution is -2.17. The van der Waals surface area contributed by atoms with Crippen LogP contribution in [-0.4, -0.2) is 26.9 Å². The van der Waals surface area contributed by atoms with Gasteiger partial charge in [0.15, 0.2) is 4.80 Å². The van der Waals surface area contributed by atoms with Crippen LogP contribution in [0, 0.1) is 0 Å². The minimum atomic E-state index is -0.297. The molecule has 3 rings (SSSR count). The fourth-order valence-corrected chi connectivity index (χ4v) is 3.68. The molecule has 130 valence electrons. The van der Waals surface area contributed by atoms with Gasteiger partial charge in [0, 0.05) is 19.3 Å². The molecule has 0 bridgehead atoms. The number of carbonyl (C=O) groups is 1. The van der Waals surface area contributed by atoms with Gasteiger partial charge in [-0.2, -0.15) is 10.1 Å². The second-order valence-corrected chi connectivity index (χ2v) is 6.30. The fraction of sp³-hybridized carbons (Fsp3) is 0.278. The Balaban J connectivity index is 2.11. The van der Waals surface area contributed by atoms with Gasteiger partial charge in [0.2, 0.25) is 0 Å². The highest BCUT2D eigenvalue weighted by atomic mass is 32.1. The maximum Gasteiger partial charge on any atom is 0.297 e. The number of nitrogens with zero attached hydrogens (tertiary/aromatic N) is 4. The number of aryl methyl sites for hydroxylation is 1. The molecule has 0 fully saturated rings. The second kappa shape index (κ2) is 7.48. The van der Waals surface area contributed by atoms with Crippen molar-refractivity contribution in [2.75, 3.05) is 6.61 Å². The summed E-state index contributed by atoms with van der Waals surface area (Å²) >= 11 is 1.46. The molecule has 0 saturated heterocycles. The summed E-state index contributed by atoms with van der Waals surface area (Å²) < 4.78 is 10.2. The van der Waals surface area contributed by atoms with Gasteiger partial charge in [-0.1, -0.05) is 17.4 Å². The molecule has 0 unspecified atom stereocenters. The fourth-order valence-electron chi connectivity index (χ4n) is 2.61. The smallest absolute Gasteiger partial charge is 0.297 e. The van der Waals surface area contributed by atoms with Crippen molar-refractivity contribution in [1.29, 1.82) is 0 Å². The molecule has 3 aromatic rings. The lowest BCUT2D eigenvalue weighted by Gasteiger charge is -2.04. The molecule has 0 aliphatic heterocycles. The summed E-state index contributed by atoms with van der Waals surface area (Å²) in [4.78, 5) is 17.5. The molecule has 6 nitrogen and oxygen atoms in total. The Kier molecular flexibility index (Phi) is 5.14. The molecule has 0 radical (unpaired) electrons. The molecular formula is C18H20N4O2S. The van der Waals surface area contributed by atoms with Gasteiger partial charge in [0.05, 0.1) is 16.8 Å². The van der Waals surface area contributed by atoms with Gasteiger partial charge in [-0.15, -0.1) is 6.58 Å². The first-order valence-corrected chi connectivity index (χ1v) is 8.97. The first-order chi connectivity index (χ1) is 12.2. The number of fused-ring (bicyclic) bond motifs is 1. The van der Waals surface area contributed by atoms with Gasteiger partial charge in [-0.25, -0.2) is 0 Å². The van der Waals surface area contributed by atoms with E-state index in [1.54, 1.807) is 23.0 Å². The van der Waals surface area contributed by atoms with E-state index in [9.17, 15) is 4.79 Å². The summed E-state index contributed by atoms with van der Waals surface area (Å²) in [6, 6.07) is 7.58. The molecule has 25 heavy (non-hydrogen) atoms. The van der Waals surface area contributed by atoms with E-state index in [1.807, 2.05) is 36.6 Å². The number of carbonyl (C=O) groups excluding carboxylic acids is 1. The third-order valence-electron chi connectivity index (χ3n) is 3.71. The van der Waals surface area contributed by atoms with E-state index < -0.39 is 0 Å². The Labute approximate surface area is 149 Å². The van der Waals surface area contributed by atoms with Crippen LogP contribution in [0.5, 0.6) is 5.75 Å². The number of aromatic nitrogens is 3. The molecule has 1 aromatic carbocycles. The van der Waals surface area contributed by atoms with Crippen molar-refractivity contribution in [1.82, 2.24) is 14.3 Å². The number of rotatable bonds is 6. The summed E-state index contributed by atoms with van der Waals surface area (Å²) in [7, 11) is 0. The Morgan fingerprint density at radius 2 is 2.24 bits per heavy atom. The molecule has 0 N–H and O–H groups in total. The molecule has 2 heterocycles. The molecule has 0 aliphatic rings. The quantitative estimate of drug-likeness (QED) is 0.637. The van der Waals surface area contributed by atoms with Gasteiger partial charge >= 0.3 is 0 Å². The van der Waals surface area contributed by atoms with Gasteiger partial charge in [-0.05, 0) is 38.1 Å². The molecule has 7 heteroatoms. The summed E-state index contributed by atoms with van der Waals surface area (Å²) in [6.45, 7) is 9.51. The lowest BCUT2D eigenvalue weighted by molar-refractivity contribution is 0.0987. The molecule has 2 aromatic heterocycles. The van der Waals surface area contributed by atoms with Crippen molar-refractivity contribution < 1.29 is 9.53 Å². The topological polar surface area (TPSA) is 61.4 Å². The largest absolute Gasteiger partial charge is 0.494 e. The first kappa shape index (κ1) is 17.2. The SMILES string of the molecule is C=CCn1c(=NC(=O)c2ccnn2CC)sc2cc(OCC)ccc21. The van der Waals surface area contributed by atoms with Crippen LogP contribution in [0.15, 0.2) is 48.1 Å². The minimum absolute atomic E-state index is 0.297. The van der Waals surface area contributed by atoms with E-state index in [0.29, 0.717) is 30.2 Å². The second-order valence-electron chi connectivity index (χ2n) is 5.30. The third-order valence-corrected chi connectivity index (χ3v) is 4.75. The van der Waals surface area contributed by atoms with Gasteiger partial charge in [-0.3, -0.25) is 9.48 Å². The van der Waals surface area contributed by atoms with Crippen molar-refractivity contribution in [3.63, 3.8) is 0 Å². The lowest BCUT2D eigenvalue weighted by atomic mass is 10.3. The summed E-state index contributed by atoms with van der Waals surface area (Å²) in [5.41, 5.74) is 1.49. The van der Waals surface area contributed by atoms with Crippen molar-refractivity contribution in [3.8, 4) is 5.75 Å². The highest BCUT2D eigenvalue weighted by Gasteiger charge is 2.12. The van der Waals surface area contributed by atoms with Gasteiger partial charge < -0.3 is 9.30 Å². The highest BCUT2D eigenvalue weighted by Crippen LogP contribution is 2.23. The van der Waals surface area contributed by atoms with Crippen molar-refractivity contribution >= 4 is 27.5 Å². The first-order valence-electron chi connectivity index (χ1n) is 8.15. The van der Waals surface area contributed by atoms with Crippen molar-refractivity contribution in [2.45, 2.75) is 26.9 Å². The van der Waals surface area contributed by atoms with Crippen LogP contribution in [0.4, 0.5) is 0 Å². The van der Waals surface area contributed by atoms with Crippen LogP contribution in [0.2, 0.25) is 0 Å². The normalized spacial score (nSPS) is 11.8. The summed E-state index contributed by atoms with van der Waals surface area (Å²) in [5, 5.41) is 4.13. The zero-order valence-corrected chi connectivity index (χ0v) is 15.1. The Hall–Kier alpha value is -2.67. The van der Waals surface area contributed by atoms with E-state index in [0.717, 1.165) is 16.0 Å². The van der Waals surface area contributed by atoms with Crippen LogP contribution in [0.1, 0.15) is 24.3 Å². The Morgan fingerprint density at radius 3 is 2.96 bits per heavy atom. The van der Waals surface area contributed by atoms with Crippen LogP contribution >= 0.6 is 11.3 Å². The number of thiazole rings is 1. The van der Waals surface area contributed by atoms with Crippen LogP contribution in [0.25, 0.3) is 10.2 Å². The van der Waals surface area contributed by atoms with Gasteiger partial charge in [0.25, 0.3) is 5.91 Å². The standard InChI is InChI=1S/C18H20N4O2S/c1-4-11-21-14-8-7-13(24-6-3)12-16(14)25-18(21)20-17(23)15-9-10-19-22(15)5-2/h4,7-10,12H,1,5-6,11H2,2-3H3. The molecule has 0 aliphatic carbocycles. The maximum absolute atomic E-state index is 12.6. The van der Waals surface area contributed by atoms with E-state index in [4.69, 9.17) is 4.74 Å².